The lowest BCUT2D eigenvalue weighted by atomic mass is 10.0. The molecule has 0 saturated carbocycles. The maximum Gasteiger partial charge on any atom is 0.379 e. The fourth-order valence-corrected chi connectivity index (χ4v) is 1.07. The van der Waals surface area contributed by atoms with Gasteiger partial charge in [0.1, 0.15) is 0 Å². The zero-order valence-corrected chi connectivity index (χ0v) is 7.89. The molecule has 1 N–H and O–H groups in total. The maximum absolute atomic E-state index is 11.4. The minimum Gasteiger partial charge on any atom is -0.478 e. The van der Waals surface area contributed by atoms with Gasteiger partial charge < -0.3 is 9.84 Å². The Morgan fingerprint density at radius 3 is 2.13 bits per heavy atom. The first kappa shape index (κ1) is 10.9. The zero-order valence-electron chi connectivity index (χ0n) is 7.89. The minimum absolute atomic E-state index is 0.170. The number of benzene rings is 1. The largest absolute Gasteiger partial charge is 0.478 e. The summed E-state index contributed by atoms with van der Waals surface area (Å²) in [5.41, 5.74) is -0.384. The number of ether oxygens (including phenoxy) is 1. The third kappa shape index (κ3) is 2.19. The molecule has 1 rings (SSSR count). The molecule has 0 bridgehead atoms. The van der Waals surface area contributed by atoms with Gasteiger partial charge in [0.15, 0.2) is 0 Å². The molecule has 0 saturated heterocycles. The van der Waals surface area contributed by atoms with Gasteiger partial charge in [-0.2, -0.15) is 0 Å². The summed E-state index contributed by atoms with van der Waals surface area (Å²) in [6.45, 7) is 0. The molecule has 0 radical (unpaired) electrons. The number of ketones is 1. The Balaban J connectivity index is 3.19. The molecule has 0 atom stereocenters. The molecule has 0 spiro atoms. The Bertz CT molecular complexity index is 422. The van der Waals surface area contributed by atoms with Gasteiger partial charge in [0.05, 0.1) is 12.7 Å². The number of methoxy groups -OCH3 is 1. The number of rotatable bonds is 3. The maximum atomic E-state index is 11.4. The Labute approximate surface area is 85.3 Å². The van der Waals surface area contributed by atoms with E-state index in [0.29, 0.717) is 0 Å². The Hall–Kier alpha value is -2.17. The highest BCUT2D eigenvalue weighted by Crippen LogP contribution is 2.10. The number of carbonyl (C=O) groups excluding carboxylic acids is 2. The van der Waals surface area contributed by atoms with Crippen LogP contribution in [0.3, 0.4) is 0 Å². The topological polar surface area (TPSA) is 80.7 Å². The van der Waals surface area contributed by atoms with E-state index >= 15 is 0 Å². The summed E-state index contributed by atoms with van der Waals surface area (Å²) in [7, 11) is 1.06. The van der Waals surface area contributed by atoms with Gasteiger partial charge >= 0.3 is 11.9 Å². The highest BCUT2D eigenvalue weighted by atomic mass is 16.5. The number of carbonyl (C=O) groups is 3. The van der Waals surface area contributed by atoms with Crippen molar-refractivity contribution in [2.24, 2.45) is 0 Å². The van der Waals surface area contributed by atoms with E-state index in [1.807, 2.05) is 0 Å². The van der Waals surface area contributed by atoms with E-state index in [1.165, 1.54) is 24.3 Å². The fourth-order valence-electron chi connectivity index (χ4n) is 1.07. The summed E-state index contributed by atoms with van der Waals surface area (Å²) in [4.78, 5) is 33.0. The SMILES string of the molecule is COC(=O)C(=O)c1ccccc1C(=O)O. The highest BCUT2D eigenvalue weighted by Gasteiger charge is 2.22. The number of carboxylic acids is 1. The molecule has 0 aliphatic carbocycles. The average molecular weight is 208 g/mol. The average Bonchev–Trinajstić information content (AvgIpc) is 2.27. The van der Waals surface area contributed by atoms with Crippen LogP contribution in [-0.4, -0.2) is 29.9 Å². The molecule has 0 aliphatic rings. The van der Waals surface area contributed by atoms with Gasteiger partial charge in [-0.05, 0) is 12.1 Å². The number of aromatic carboxylic acids is 1. The lowest BCUT2D eigenvalue weighted by Gasteiger charge is -2.02. The van der Waals surface area contributed by atoms with Crippen LogP contribution in [0.2, 0.25) is 0 Å². The normalized spacial score (nSPS) is 9.40. The summed E-state index contributed by atoms with van der Waals surface area (Å²) in [6.07, 6.45) is 0. The van der Waals surface area contributed by atoms with E-state index in [2.05, 4.69) is 4.74 Å². The second-order valence-electron chi connectivity index (χ2n) is 2.67. The van der Waals surface area contributed by atoms with Crippen molar-refractivity contribution < 1.29 is 24.2 Å². The highest BCUT2D eigenvalue weighted by molar-refractivity contribution is 6.41. The van der Waals surface area contributed by atoms with Crippen LogP contribution in [0.5, 0.6) is 0 Å². The van der Waals surface area contributed by atoms with Gasteiger partial charge in [0.2, 0.25) is 0 Å². The van der Waals surface area contributed by atoms with E-state index in [9.17, 15) is 14.4 Å². The smallest absolute Gasteiger partial charge is 0.379 e. The van der Waals surface area contributed by atoms with Crippen molar-refractivity contribution >= 4 is 17.7 Å². The van der Waals surface area contributed by atoms with Gasteiger partial charge in [-0.3, -0.25) is 4.79 Å². The molecule has 0 aliphatic heterocycles. The van der Waals surface area contributed by atoms with E-state index in [1.54, 1.807) is 0 Å². The van der Waals surface area contributed by atoms with Crippen molar-refractivity contribution in [3.63, 3.8) is 0 Å². The standard InChI is InChI=1S/C10H8O5/c1-15-10(14)8(11)6-4-2-3-5-7(6)9(12)13/h2-5H,1H3,(H,12,13). The van der Waals surface area contributed by atoms with E-state index < -0.39 is 17.7 Å². The third-order valence-electron chi connectivity index (χ3n) is 1.77. The summed E-state index contributed by atoms with van der Waals surface area (Å²) >= 11 is 0. The molecule has 1 aromatic carbocycles. The molecule has 0 unspecified atom stereocenters. The van der Waals surface area contributed by atoms with Gasteiger partial charge in [-0.1, -0.05) is 12.1 Å². The summed E-state index contributed by atoms with van der Waals surface area (Å²) in [6, 6.07) is 5.46. The minimum atomic E-state index is -1.26. The van der Waals surface area contributed by atoms with Crippen LogP contribution >= 0.6 is 0 Å². The summed E-state index contributed by atoms with van der Waals surface area (Å²) in [5, 5.41) is 8.76. The second kappa shape index (κ2) is 4.36. The molecular weight excluding hydrogens is 200 g/mol. The van der Waals surface area contributed by atoms with Crippen LogP contribution in [0.1, 0.15) is 20.7 Å². The lowest BCUT2D eigenvalue weighted by molar-refractivity contribution is -0.135. The molecule has 0 amide bonds. The van der Waals surface area contributed by atoms with Gasteiger partial charge in [0.25, 0.3) is 5.78 Å². The van der Waals surface area contributed by atoms with Crippen molar-refractivity contribution in [2.75, 3.05) is 7.11 Å². The molecule has 5 nitrogen and oxygen atoms in total. The van der Waals surface area contributed by atoms with E-state index in [-0.39, 0.29) is 11.1 Å². The quantitative estimate of drug-likeness (QED) is 0.450. The van der Waals surface area contributed by atoms with Crippen molar-refractivity contribution in [2.45, 2.75) is 0 Å². The first-order valence-corrected chi connectivity index (χ1v) is 4.03. The molecular formula is C10H8O5. The number of hydrogen-bond acceptors (Lipinski definition) is 4. The van der Waals surface area contributed by atoms with Gasteiger partial charge in [-0.15, -0.1) is 0 Å². The predicted octanol–water partition coefficient (Wildman–Crippen LogP) is 0.740. The molecule has 0 aromatic heterocycles. The molecule has 78 valence electrons. The Morgan fingerprint density at radius 1 is 1.13 bits per heavy atom. The molecule has 0 heterocycles. The number of Topliss-reactive ketones (excluding diaryl/α,β-unsaturated/α-hetero) is 1. The molecule has 15 heavy (non-hydrogen) atoms. The Kier molecular flexibility index (Phi) is 3.17. The zero-order chi connectivity index (χ0) is 11.4. The van der Waals surface area contributed by atoms with Crippen molar-refractivity contribution in [1.82, 2.24) is 0 Å². The predicted molar refractivity (Wildman–Crippen MR) is 49.7 cm³/mol. The van der Waals surface area contributed by atoms with Crippen molar-refractivity contribution in [1.29, 1.82) is 0 Å². The van der Waals surface area contributed by atoms with E-state index in [4.69, 9.17) is 5.11 Å². The van der Waals surface area contributed by atoms with Crippen LogP contribution in [0.4, 0.5) is 0 Å². The lowest BCUT2D eigenvalue weighted by Crippen LogP contribution is -2.18. The molecule has 0 fully saturated rings. The van der Waals surface area contributed by atoms with Crippen LogP contribution in [0, 0.1) is 0 Å². The Morgan fingerprint density at radius 2 is 1.67 bits per heavy atom. The second-order valence-corrected chi connectivity index (χ2v) is 2.67. The third-order valence-corrected chi connectivity index (χ3v) is 1.77. The molecule has 1 aromatic rings. The van der Waals surface area contributed by atoms with Crippen LogP contribution in [-0.2, 0) is 9.53 Å². The van der Waals surface area contributed by atoms with E-state index in [0.717, 1.165) is 7.11 Å². The van der Waals surface area contributed by atoms with Crippen molar-refractivity contribution in [3.05, 3.63) is 35.4 Å². The monoisotopic (exact) mass is 208 g/mol. The molecule has 5 heteroatoms. The number of hydrogen-bond donors (Lipinski definition) is 1. The summed E-state index contributed by atoms with van der Waals surface area (Å²) in [5.74, 6) is -3.30. The van der Waals surface area contributed by atoms with Gasteiger partial charge in [0, 0.05) is 5.56 Å². The number of esters is 1. The van der Waals surface area contributed by atoms with Crippen LogP contribution in [0.25, 0.3) is 0 Å². The number of carboxylic acid groups (broad SMARTS) is 1. The first-order valence-electron chi connectivity index (χ1n) is 4.03. The van der Waals surface area contributed by atoms with Crippen LogP contribution < -0.4 is 0 Å². The van der Waals surface area contributed by atoms with Gasteiger partial charge in [-0.25, -0.2) is 9.59 Å². The summed E-state index contributed by atoms with van der Waals surface area (Å²) < 4.78 is 4.22. The fraction of sp³-hybridized carbons (Fsp3) is 0.100. The van der Waals surface area contributed by atoms with Crippen LogP contribution in [0.15, 0.2) is 24.3 Å². The van der Waals surface area contributed by atoms with Crippen molar-refractivity contribution in [3.8, 4) is 0 Å². The first-order chi connectivity index (χ1) is 7.07.